The van der Waals surface area contributed by atoms with Gasteiger partial charge in [-0.3, -0.25) is 4.79 Å². The SMILES string of the molecule is COC(=O)C[C@H](NC(=O)NCC1CCSC1)C(=O)O. The van der Waals surface area contributed by atoms with Gasteiger partial charge in [-0.05, 0) is 23.8 Å². The molecule has 0 aromatic carbocycles. The van der Waals surface area contributed by atoms with Gasteiger partial charge in [-0.15, -0.1) is 0 Å². The Morgan fingerprint density at radius 2 is 2.21 bits per heavy atom. The topological polar surface area (TPSA) is 105 Å². The summed E-state index contributed by atoms with van der Waals surface area (Å²) < 4.78 is 4.38. The van der Waals surface area contributed by atoms with Gasteiger partial charge in [-0.25, -0.2) is 9.59 Å². The second kappa shape index (κ2) is 7.88. The monoisotopic (exact) mass is 290 g/mol. The summed E-state index contributed by atoms with van der Waals surface area (Å²) in [6.45, 7) is 0.517. The molecule has 0 aliphatic carbocycles. The van der Waals surface area contributed by atoms with E-state index >= 15 is 0 Å². The maximum Gasteiger partial charge on any atom is 0.326 e. The molecule has 0 radical (unpaired) electrons. The van der Waals surface area contributed by atoms with Crippen molar-refractivity contribution in [2.75, 3.05) is 25.2 Å². The molecule has 3 N–H and O–H groups in total. The lowest BCUT2D eigenvalue weighted by atomic mass is 10.1. The normalized spacial score (nSPS) is 19.5. The van der Waals surface area contributed by atoms with Crippen LogP contribution in [0.25, 0.3) is 0 Å². The number of aliphatic carboxylic acids is 1. The van der Waals surface area contributed by atoms with Crippen molar-refractivity contribution in [3.63, 3.8) is 0 Å². The number of carboxylic acids is 1. The summed E-state index contributed by atoms with van der Waals surface area (Å²) in [6, 6.07) is -1.85. The fourth-order valence-corrected chi connectivity index (χ4v) is 2.93. The summed E-state index contributed by atoms with van der Waals surface area (Å²) in [4.78, 5) is 33.4. The molecule has 1 rings (SSSR count). The van der Waals surface area contributed by atoms with Gasteiger partial charge in [0.05, 0.1) is 13.5 Å². The Morgan fingerprint density at radius 1 is 1.47 bits per heavy atom. The summed E-state index contributed by atoms with van der Waals surface area (Å²) in [5, 5.41) is 13.8. The number of amides is 2. The summed E-state index contributed by atoms with van der Waals surface area (Å²) in [7, 11) is 1.17. The standard InChI is InChI=1S/C11H18N2O5S/c1-18-9(14)4-8(10(15)16)13-11(17)12-5-7-2-3-19-6-7/h7-8H,2-6H2,1H3,(H,15,16)(H2,12,13,17)/t7?,8-/m0/s1. The zero-order valence-corrected chi connectivity index (χ0v) is 11.5. The maximum absolute atomic E-state index is 11.5. The van der Waals surface area contributed by atoms with E-state index in [0.717, 1.165) is 17.9 Å². The summed E-state index contributed by atoms with van der Waals surface area (Å²) in [6.07, 6.45) is 0.661. The van der Waals surface area contributed by atoms with Crippen LogP contribution in [0.2, 0.25) is 0 Å². The average molecular weight is 290 g/mol. The van der Waals surface area contributed by atoms with E-state index in [-0.39, 0.29) is 0 Å². The molecule has 1 unspecified atom stereocenters. The molecule has 108 valence electrons. The van der Waals surface area contributed by atoms with Crippen molar-refractivity contribution in [3.05, 3.63) is 0 Å². The molecule has 1 aliphatic rings. The lowest BCUT2D eigenvalue weighted by molar-refractivity contribution is -0.147. The number of carbonyl (C=O) groups is 3. The molecule has 0 aromatic heterocycles. The van der Waals surface area contributed by atoms with Crippen LogP contribution < -0.4 is 10.6 Å². The van der Waals surface area contributed by atoms with Gasteiger partial charge in [0.25, 0.3) is 0 Å². The van der Waals surface area contributed by atoms with Gasteiger partial charge in [0.2, 0.25) is 0 Å². The molecule has 8 heteroatoms. The minimum Gasteiger partial charge on any atom is -0.480 e. The lowest BCUT2D eigenvalue weighted by Crippen LogP contribution is -2.48. The first-order valence-corrected chi connectivity index (χ1v) is 7.10. The minimum atomic E-state index is -1.27. The van der Waals surface area contributed by atoms with Gasteiger partial charge in [0.15, 0.2) is 0 Å². The molecule has 0 spiro atoms. The average Bonchev–Trinajstić information content (AvgIpc) is 2.88. The highest BCUT2D eigenvalue weighted by Gasteiger charge is 2.24. The van der Waals surface area contributed by atoms with Crippen LogP contribution in [0.1, 0.15) is 12.8 Å². The number of rotatable bonds is 6. The Labute approximate surface area is 115 Å². The zero-order valence-electron chi connectivity index (χ0n) is 10.7. The first-order valence-electron chi connectivity index (χ1n) is 5.94. The zero-order chi connectivity index (χ0) is 14.3. The van der Waals surface area contributed by atoms with Gasteiger partial charge in [-0.1, -0.05) is 0 Å². The molecule has 0 aromatic rings. The van der Waals surface area contributed by atoms with Gasteiger partial charge in [0, 0.05) is 6.54 Å². The highest BCUT2D eigenvalue weighted by atomic mass is 32.2. The van der Waals surface area contributed by atoms with Crippen molar-refractivity contribution in [2.45, 2.75) is 18.9 Å². The number of hydrogen-bond acceptors (Lipinski definition) is 5. The third kappa shape index (κ3) is 5.82. The smallest absolute Gasteiger partial charge is 0.326 e. The van der Waals surface area contributed by atoms with Crippen LogP contribution in [0.15, 0.2) is 0 Å². The first kappa shape index (κ1) is 15.6. The molecule has 1 aliphatic heterocycles. The number of carbonyl (C=O) groups excluding carboxylic acids is 2. The van der Waals surface area contributed by atoms with E-state index in [9.17, 15) is 14.4 Å². The largest absolute Gasteiger partial charge is 0.480 e. The van der Waals surface area contributed by atoms with Crippen molar-refractivity contribution in [3.8, 4) is 0 Å². The van der Waals surface area contributed by atoms with E-state index < -0.39 is 30.4 Å². The summed E-state index contributed by atoms with van der Waals surface area (Å²) in [5.74, 6) is 0.579. The lowest BCUT2D eigenvalue weighted by Gasteiger charge is -2.15. The quantitative estimate of drug-likeness (QED) is 0.597. The molecule has 19 heavy (non-hydrogen) atoms. The van der Waals surface area contributed by atoms with Crippen LogP contribution in [0, 0.1) is 5.92 Å². The number of carboxylic acid groups (broad SMARTS) is 1. The van der Waals surface area contributed by atoms with Crippen LogP contribution in [0.4, 0.5) is 4.79 Å². The van der Waals surface area contributed by atoms with Crippen molar-refractivity contribution >= 4 is 29.7 Å². The second-order valence-corrected chi connectivity index (χ2v) is 5.40. The van der Waals surface area contributed by atoms with Crippen molar-refractivity contribution in [1.29, 1.82) is 0 Å². The van der Waals surface area contributed by atoms with Gasteiger partial charge in [0.1, 0.15) is 6.04 Å². The molecule has 0 saturated carbocycles. The van der Waals surface area contributed by atoms with E-state index in [4.69, 9.17) is 5.11 Å². The second-order valence-electron chi connectivity index (χ2n) is 4.26. The summed E-state index contributed by atoms with van der Waals surface area (Å²) >= 11 is 1.84. The number of nitrogens with one attached hydrogen (secondary N) is 2. The predicted octanol–water partition coefficient (Wildman–Crippen LogP) is 0.0550. The van der Waals surface area contributed by atoms with Crippen molar-refractivity contribution in [2.24, 2.45) is 5.92 Å². The summed E-state index contributed by atoms with van der Waals surface area (Å²) in [5.41, 5.74) is 0. The molecule has 0 bridgehead atoms. The van der Waals surface area contributed by atoms with E-state index in [2.05, 4.69) is 15.4 Å². The molecule has 2 atom stereocenters. The Hall–Kier alpha value is -1.44. The Bertz CT molecular complexity index is 344. The van der Waals surface area contributed by atoms with Gasteiger partial charge < -0.3 is 20.5 Å². The van der Waals surface area contributed by atoms with Crippen LogP contribution >= 0.6 is 11.8 Å². The third-order valence-electron chi connectivity index (χ3n) is 2.78. The number of esters is 1. The number of ether oxygens (including phenoxy) is 1. The predicted molar refractivity (Wildman–Crippen MR) is 70.0 cm³/mol. The van der Waals surface area contributed by atoms with Gasteiger partial charge >= 0.3 is 18.0 Å². The van der Waals surface area contributed by atoms with E-state index in [1.807, 2.05) is 11.8 Å². The van der Waals surface area contributed by atoms with Crippen LogP contribution in [-0.2, 0) is 14.3 Å². The molecular weight excluding hydrogens is 272 g/mol. The molecule has 2 amide bonds. The maximum atomic E-state index is 11.5. The van der Waals surface area contributed by atoms with Crippen LogP contribution in [0.3, 0.4) is 0 Å². The van der Waals surface area contributed by atoms with Crippen LogP contribution in [0.5, 0.6) is 0 Å². The Balaban J connectivity index is 2.33. The van der Waals surface area contributed by atoms with E-state index in [1.54, 1.807) is 0 Å². The first-order chi connectivity index (χ1) is 9.02. The number of methoxy groups -OCH3 is 1. The number of urea groups is 1. The molecule has 7 nitrogen and oxygen atoms in total. The number of thioether (sulfide) groups is 1. The Kier molecular flexibility index (Phi) is 6.48. The highest BCUT2D eigenvalue weighted by molar-refractivity contribution is 7.99. The fraction of sp³-hybridized carbons (Fsp3) is 0.727. The molecule has 1 saturated heterocycles. The number of hydrogen-bond donors (Lipinski definition) is 3. The van der Waals surface area contributed by atoms with Crippen molar-refractivity contribution < 1.29 is 24.2 Å². The fourth-order valence-electron chi connectivity index (χ4n) is 1.64. The highest BCUT2D eigenvalue weighted by Crippen LogP contribution is 2.22. The van der Waals surface area contributed by atoms with E-state index in [0.29, 0.717) is 12.5 Å². The van der Waals surface area contributed by atoms with Gasteiger partial charge in [-0.2, -0.15) is 11.8 Å². The van der Waals surface area contributed by atoms with Crippen molar-refractivity contribution in [1.82, 2.24) is 10.6 Å². The third-order valence-corrected chi connectivity index (χ3v) is 4.01. The Morgan fingerprint density at radius 3 is 2.74 bits per heavy atom. The minimum absolute atomic E-state index is 0.390. The molecule has 1 heterocycles. The van der Waals surface area contributed by atoms with E-state index in [1.165, 1.54) is 7.11 Å². The van der Waals surface area contributed by atoms with Crippen LogP contribution in [-0.4, -0.2) is 54.3 Å². The molecular formula is C11H18N2O5S. The molecule has 1 fully saturated rings.